The van der Waals surface area contributed by atoms with Crippen LogP contribution in [0.5, 0.6) is 5.88 Å². The van der Waals surface area contributed by atoms with Crippen molar-refractivity contribution in [1.29, 1.82) is 0 Å². The molecule has 3 rings (SSSR count). The summed E-state index contributed by atoms with van der Waals surface area (Å²) in [5.74, 6) is 0.102. The molecule has 0 spiro atoms. The Bertz CT molecular complexity index is 951. The number of benzene rings is 1. The van der Waals surface area contributed by atoms with Crippen molar-refractivity contribution >= 4 is 10.9 Å². The molecule has 24 heavy (non-hydrogen) atoms. The molecule has 0 amide bonds. The predicted octanol–water partition coefficient (Wildman–Crippen LogP) is 2.93. The molecule has 3 aromatic rings. The minimum absolute atomic E-state index is 0.176. The number of halogens is 3. The molecular weight excluding hydrogens is 323 g/mol. The van der Waals surface area contributed by atoms with E-state index in [-0.39, 0.29) is 23.9 Å². The van der Waals surface area contributed by atoms with Gasteiger partial charge in [0.25, 0.3) is 5.56 Å². The van der Waals surface area contributed by atoms with Gasteiger partial charge in [0.2, 0.25) is 5.88 Å². The Morgan fingerprint density at radius 1 is 1.08 bits per heavy atom. The van der Waals surface area contributed by atoms with E-state index in [9.17, 15) is 18.0 Å². The van der Waals surface area contributed by atoms with Crippen molar-refractivity contribution in [2.45, 2.75) is 12.8 Å². The number of aromatic nitrogens is 3. The molecule has 0 saturated heterocycles. The Kier molecular flexibility index (Phi) is 3.96. The molecule has 0 bridgehead atoms. The number of hydrogen-bond acceptors (Lipinski definition) is 4. The van der Waals surface area contributed by atoms with Crippen LogP contribution in [0.3, 0.4) is 0 Å². The van der Waals surface area contributed by atoms with Crippen molar-refractivity contribution < 1.29 is 17.9 Å². The minimum atomic E-state index is -4.55. The van der Waals surface area contributed by atoms with Crippen molar-refractivity contribution in [1.82, 2.24) is 14.5 Å². The van der Waals surface area contributed by atoms with E-state index in [4.69, 9.17) is 4.74 Å². The van der Waals surface area contributed by atoms with Crippen LogP contribution in [-0.4, -0.2) is 14.5 Å². The van der Waals surface area contributed by atoms with Gasteiger partial charge in [-0.1, -0.05) is 18.2 Å². The Hall–Kier alpha value is -2.90. The van der Waals surface area contributed by atoms with Crippen LogP contribution in [0.2, 0.25) is 0 Å². The van der Waals surface area contributed by atoms with Gasteiger partial charge in [0.15, 0.2) is 0 Å². The van der Waals surface area contributed by atoms with Crippen LogP contribution < -0.4 is 10.3 Å². The van der Waals surface area contributed by atoms with Crippen molar-refractivity contribution in [3.63, 3.8) is 0 Å². The third-order valence-electron chi connectivity index (χ3n) is 3.44. The molecule has 2 aromatic heterocycles. The molecule has 0 radical (unpaired) electrons. The quantitative estimate of drug-likeness (QED) is 0.738. The summed E-state index contributed by atoms with van der Waals surface area (Å²) in [6.45, 7) is -0.176. The SMILES string of the molecule is Cn1c(COc2cccc(C(F)(F)F)n2)nc2ccccc2c1=O. The number of pyridine rings is 1. The highest BCUT2D eigenvalue weighted by molar-refractivity contribution is 5.77. The number of ether oxygens (including phenoxy) is 1. The van der Waals surface area contributed by atoms with Gasteiger partial charge in [-0.2, -0.15) is 13.2 Å². The average Bonchev–Trinajstić information content (AvgIpc) is 2.56. The van der Waals surface area contributed by atoms with Gasteiger partial charge >= 0.3 is 6.18 Å². The van der Waals surface area contributed by atoms with Crippen molar-refractivity contribution in [3.05, 3.63) is 64.3 Å². The van der Waals surface area contributed by atoms with Crippen LogP contribution >= 0.6 is 0 Å². The van der Waals surface area contributed by atoms with E-state index in [2.05, 4.69) is 9.97 Å². The first-order chi connectivity index (χ1) is 11.4. The second kappa shape index (κ2) is 5.95. The lowest BCUT2D eigenvalue weighted by Gasteiger charge is -2.11. The number of para-hydroxylation sites is 1. The molecule has 0 saturated carbocycles. The maximum absolute atomic E-state index is 12.6. The second-order valence-corrected chi connectivity index (χ2v) is 5.06. The molecule has 5 nitrogen and oxygen atoms in total. The summed E-state index contributed by atoms with van der Waals surface area (Å²) in [5, 5.41) is 0.459. The summed E-state index contributed by atoms with van der Waals surface area (Å²) in [6.07, 6.45) is -4.55. The standard InChI is InChI=1S/C16H12F3N3O2/c1-22-13(20-11-6-3-2-5-10(11)15(22)23)9-24-14-8-4-7-12(21-14)16(17,18)19/h2-8H,9H2,1H3. The number of rotatable bonds is 3. The summed E-state index contributed by atoms with van der Waals surface area (Å²) in [5.41, 5.74) is -0.798. The van der Waals surface area contributed by atoms with E-state index >= 15 is 0 Å². The van der Waals surface area contributed by atoms with Crippen molar-refractivity contribution in [2.24, 2.45) is 7.05 Å². The first-order valence-corrected chi connectivity index (χ1v) is 6.98. The van der Waals surface area contributed by atoms with Crippen LogP contribution in [0.15, 0.2) is 47.3 Å². The first kappa shape index (κ1) is 16.0. The zero-order valence-electron chi connectivity index (χ0n) is 12.5. The van der Waals surface area contributed by atoms with Gasteiger partial charge in [-0.05, 0) is 18.2 Å². The fourth-order valence-corrected chi connectivity index (χ4v) is 2.18. The molecule has 2 heterocycles. The Morgan fingerprint density at radius 2 is 1.83 bits per heavy atom. The first-order valence-electron chi connectivity index (χ1n) is 6.98. The van der Waals surface area contributed by atoms with Crippen LogP contribution in [0.4, 0.5) is 13.2 Å². The lowest BCUT2D eigenvalue weighted by Crippen LogP contribution is -2.23. The predicted molar refractivity (Wildman–Crippen MR) is 80.6 cm³/mol. The molecule has 1 aromatic carbocycles. The van der Waals surface area contributed by atoms with E-state index in [0.29, 0.717) is 10.9 Å². The number of alkyl halides is 3. The van der Waals surface area contributed by atoms with E-state index in [0.717, 1.165) is 6.07 Å². The number of hydrogen-bond donors (Lipinski definition) is 0. The fourth-order valence-electron chi connectivity index (χ4n) is 2.18. The number of nitrogens with zero attached hydrogens (tertiary/aromatic N) is 3. The smallest absolute Gasteiger partial charge is 0.433 e. The topological polar surface area (TPSA) is 57.0 Å². The van der Waals surface area contributed by atoms with Gasteiger partial charge in [0.1, 0.15) is 18.1 Å². The molecule has 0 aliphatic heterocycles. The second-order valence-electron chi connectivity index (χ2n) is 5.06. The molecule has 124 valence electrons. The van der Waals surface area contributed by atoms with E-state index in [1.165, 1.54) is 23.7 Å². The van der Waals surface area contributed by atoms with Crippen LogP contribution in [0.1, 0.15) is 11.5 Å². The Balaban J connectivity index is 1.89. The maximum atomic E-state index is 12.6. The lowest BCUT2D eigenvalue weighted by atomic mass is 10.2. The Morgan fingerprint density at radius 3 is 2.58 bits per heavy atom. The van der Waals surface area contributed by atoms with Gasteiger partial charge in [-0.3, -0.25) is 9.36 Å². The largest absolute Gasteiger partial charge is 0.469 e. The van der Waals surface area contributed by atoms with E-state index < -0.39 is 11.9 Å². The molecule has 0 aliphatic carbocycles. The highest BCUT2D eigenvalue weighted by Gasteiger charge is 2.32. The lowest BCUT2D eigenvalue weighted by molar-refractivity contribution is -0.141. The molecule has 0 unspecified atom stereocenters. The summed E-state index contributed by atoms with van der Waals surface area (Å²) in [6, 6.07) is 10.2. The molecule has 0 N–H and O–H groups in total. The van der Waals surface area contributed by atoms with E-state index in [1.54, 1.807) is 24.3 Å². The summed E-state index contributed by atoms with van der Waals surface area (Å²) < 4.78 is 44.5. The molecular formula is C16H12F3N3O2. The average molecular weight is 335 g/mol. The third kappa shape index (κ3) is 3.08. The molecule has 0 fully saturated rings. The van der Waals surface area contributed by atoms with Crippen molar-refractivity contribution in [3.8, 4) is 5.88 Å². The van der Waals surface area contributed by atoms with Crippen LogP contribution in [0.25, 0.3) is 10.9 Å². The highest BCUT2D eigenvalue weighted by atomic mass is 19.4. The van der Waals surface area contributed by atoms with Crippen LogP contribution in [-0.2, 0) is 19.8 Å². The minimum Gasteiger partial charge on any atom is -0.469 e. The molecule has 8 heteroatoms. The zero-order valence-corrected chi connectivity index (χ0v) is 12.5. The normalized spacial score (nSPS) is 11.7. The zero-order chi connectivity index (χ0) is 17.3. The highest BCUT2D eigenvalue weighted by Crippen LogP contribution is 2.28. The number of fused-ring (bicyclic) bond motifs is 1. The van der Waals surface area contributed by atoms with Gasteiger partial charge in [0.05, 0.1) is 10.9 Å². The van der Waals surface area contributed by atoms with E-state index in [1.807, 2.05) is 0 Å². The summed E-state index contributed by atoms with van der Waals surface area (Å²) in [7, 11) is 1.53. The summed E-state index contributed by atoms with van der Waals surface area (Å²) in [4.78, 5) is 20.0. The van der Waals surface area contributed by atoms with Gasteiger partial charge in [-0.25, -0.2) is 9.97 Å². The fraction of sp³-hybridized carbons (Fsp3) is 0.188. The monoisotopic (exact) mass is 335 g/mol. The molecule has 0 atom stereocenters. The Labute approximate surface area is 134 Å². The van der Waals surface area contributed by atoms with Gasteiger partial charge in [-0.15, -0.1) is 0 Å². The van der Waals surface area contributed by atoms with Crippen LogP contribution in [0, 0.1) is 0 Å². The van der Waals surface area contributed by atoms with Gasteiger partial charge in [0, 0.05) is 13.1 Å². The molecule has 0 aliphatic rings. The third-order valence-corrected chi connectivity index (χ3v) is 3.44. The van der Waals surface area contributed by atoms with Crippen molar-refractivity contribution in [2.75, 3.05) is 0 Å². The maximum Gasteiger partial charge on any atom is 0.433 e. The van der Waals surface area contributed by atoms with Gasteiger partial charge < -0.3 is 4.74 Å². The summed E-state index contributed by atoms with van der Waals surface area (Å²) >= 11 is 0.